The summed E-state index contributed by atoms with van der Waals surface area (Å²) in [7, 11) is 0. The number of nitrogens with one attached hydrogen (secondary N) is 2. The van der Waals surface area contributed by atoms with E-state index in [1.165, 1.54) is 12.8 Å². The van der Waals surface area contributed by atoms with Gasteiger partial charge in [-0.3, -0.25) is 14.2 Å². The zero-order valence-electron chi connectivity index (χ0n) is 16.9. The summed E-state index contributed by atoms with van der Waals surface area (Å²) in [5, 5.41) is 3.89. The van der Waals surface area contributed by atoms with Crippen molar-refractivity contribution < 1.29 is 4.79 Å². The molecule has 1 heterocycles. The van der Waals surface area contributed by atoms with E-state index in [0.29, 0.717) is 41.0 Å². The van der Waals surface area contributed by atoms with Gasteiger partial charge >= 0.3 is 0 Å². The second kappa shape index (κ2) is 9.50. The number of nitrogens with zero attached hydrogens (tertiary/aromatic N) is 1. The van der Waals surface area contributed by atoms with Crippen molar-refractivity contribution in [1.29, 1.82) is 0 Å². The fourth-order valence-electron chi connectivity index (χ4n) is 4.20. The van der Waals surface area contributed by atoms with Gasteiger partial charge < -0.3 is 10.3 Å². The molecule has 0 saturated heterocycles. The molecule has 0 unspecified atom stereocenters. The van der Waals surface area contributed by atoms with Crippen LogP contribution >= 0.6 is 12.2 Å². The highest BCUT2D eigenvalue weighted by atomic mass is 32.1. The van der Waals surface area contributed by atoms with Crippen LogP contribution in [0.1, 0.15) is 58.8 Å². The van der Waals surface area contributed by atoms with Gasteiger partial charge in [0.25, 0.3) is 5.56 Å². The number of carbonyl (C=O) groups is 1. The van der Waals surface area contributed by atoms with Crippen molar-refractivity contribution >= 4 is 29.0 Å². The Morgan fingerprint density at radius 2 is 2.00 bits per heavy atom. The number of hydrogen-bond donors (Lipinski definition) is 2. The van der Waals surface area contributed by atoms with Gasteiger partial charge in [0, 0.05) is 19.0 Å². The normalized spacial score (nSPS) is 22.3. The zero-order chi connectivity index (χ0) is 20.1. The lowest BCUT2D eigenvalue weighted by atomic mass is 9.78. The van der Waals surface area contributed by atoms with Crippen LogP contribution in [0, 0.1) is 16.6 Å². The maximum atomic E-state index is 12.6. The summed E-state index contributed by atoms with van der Waals surface area (Å²) in [6, 6.07) is 7.75. The molecule has 1 aromatic carbocycles. The molecule has 3 rings (SSSR count). The number of unbranched alkanes of at least 4 members (excludes halogenated alkanes) is 2. The minimum absolute atomic E-state index is 0.0440. The topological polar surface area (TPSA) is 66.9 Å². The third kappa shape index (κ3) is 4.90. The first-order valence-electron chi connectivity index (χ1n) is 10.5. The van der Waals surface area contributed by atoms with E-state index in [1.54, 1.807) is 4.57 Å². The summed E-state index contributed by atoms with van der Waals surface area (Å²) >= 11 is 5.34. The summed E-state index contributed by atoms with van der Waals surface area (Å²) in [4.78, 5) is 28.0. The number of rotatable bonds is 7. The van der Waals surface area contributed by atoms with Gasteiger partial charge in [-0.15, -0.1) is 0 Å². The van der Waals surface area contributed by atoms with Gasteiger partial charge in [-0.2, -0.15) is 0 Å². The van der Waals surface area contributed by atoms with Gasteiger partial charge in [0.2, 0.25) is 5.91 Å². The van der Waals surface area contributed by atoms with Crippen molar-refractivity contribution in [3.63, 3.8) is 0 Å². The number of fused-ring (bicyclic) bond motifs is 1. The number of carbonyl (C=O) groups excluding carboxylic acids is 1. The average molecular weight is 402 g/mol. The molecular weight excluding hydrogens is 370 g/mol. The Bertz CT molecular complexity index is 933. The van der Waals surface area contributed by atoms with Crippen LogP contribution in [0.25, 0.3) is 10.9 Å². The van der Waals surface area contributed by atoms with Crippen LogP contribution in [0.3, 0.4) is 0 Å². The molecule has 152 valence electrons. The van der Waals surface area contributed by atoms with Gasteiger partial charge in [-0.05, 0) is 55.4 Å². The molecule has 1 fully saturated rings. The van der Waals surface area contributed by atoms with Crippen LogP contribution in [0.15, 0.2) is 29.1 Å². The standard InChI is InChI=1S/C22H31N3O2S/c1-15-9-8-12-18(16(15)2)23-20(26)13-4-3-7-14-25-21(27)17-10-5-6-11-19(17)24-22(25)28/h5-6,10-11,15-16,18H,3-4,7-9,12-14H2,1-2H3,(H,23,26)(H,24,28)/t15-,16+,18+/m1/s1. The van der Waals surface area contributed by atoms with E-state index in [0.717, 1.165) is 31.2 Å². The molecule has 28 heavy (non-hydrogen) atoms. The quantitative estimate of drug-likeness (QED) is 0.528. The van der Waals surface area contributed by atoms with Gasteiger partial charge in [-0.1, -0.05) is 45.2 Å². The number of aromatic nitrogens is 2. The summed E-state index contributed by atoms with van der Waals surface area (Å²) in [6.45, 7) is 5.11. The second-order valence-corrected chi connectivity index (χ2v) is 8.57. The molecule has 1 aliphatic carbocycles. The Kier molecular flexibility index (Phi) is 7.05. The summed E-state index contributed by atoms with van der Waals surface area (Å²) < 4.78 is 2.09. The fourth-order valence-corrected chi connectivity index (χ4v) is 4.48. The molecular formula is C22H31N3O2S. The Morgan fingerprint density at radius 3 is 2.82 bits per heavy atom. The molecule has 5 nitrogen and oxygen atoms in total. The Balaban J connectivity index is 1.45. The highest BCUT2D eigenvalue weighted by Crippen LogP contribution is 2.29. The Hall–Kier alpha value is -1.95. The van der Waals surface area contributed by atoms with Gasteiger partial charge in [0.15, 0.2) is 4.77 Å². The van der Waals surface area contributed by atoms with Gasteiger partial charge in [0.1, 0.15) is 0 Å². The van der Waals surface area contributed by atoms with Crippen molar-refractivity contribution in [3.05, 3.63) is 39.4 Å². The van der Waals surface area contributed by atoms with Gasteiger partial charge in [0.05, 0.1) is 10.9 Å². The highest BCUT2D eigenvalue weighted by Gasteiger charge is 2.27. The number of hydrogen-bond acceptors (Lipinski definition) is 3. The average Bonchev–Trinajstić information content (AvgIpc) is 2.67. The predicted octanol–water partition coefficient (Wildman–Crippen LogP) is 4.56. The van der Waals surface area contributed by atoms with E-state index < -0.39 is 0 Å². The first-order valence-corrected chi connectivity index (χ1v) is 10.9. The van der Waals surface area contributed by atoms with E-state index in [2.05, 4.69) is 24.1 Å². The Labute approximate surface area is 171 Å². The number of amides is 1. The summed E-state index contributed by atoms with van der Waals surface area (Å²) in [5.41, 5.74) is 0.731. The van der Waals surface area contributed by atoms with Crippen LogP contribution in [0.5, 0.6) is 0 Å². The molecule has 0 radical (unpaired) electrons. The maximum Gasteiger partial charge on any atom is 0.262 e. The second-order valence-electron chi connectivity index (χ2n) is 8.18. The SMILES string of the molecule is C[C@H]1[C@H](C)CCC[C@@H]1NC(=O)CCCCCn1c(=S)[nH]c2ccccc2c1=O. The number of H-pyrrole nitrogens is 1. The number of aromatic amines is 1. The predicted molar refractivity (Wildman–Crippen MR) is 116 cm³/mol. The minimum atomic E-state index is -0.0440. The van der Waals surface area contributed by atoms with Crippen LogP contribution in [0.4, 0.5) is 0 Å². The molecule has 0 bridgehead atoms. The smallest absolute Gasteiger partial charge is 0.262 e. The first kappa shape index (κ1) is 20.8. The maximum absolute atomic E-state index is 12.6. The van der Waals surface area contributed by atoms with Crippen LogP contribution in [-0.4, -0.2) is 21.5 Å². The highest BCUT2D eigenvalue weighted by molar-refractivity contribution is 7.71. The van der Waals surface area contributed by atoms with Crippen LogP contribution < -0.4 is 10.9 Å². The zero-order valence-corrected chi connectivity index (χ0v) is 17.7. The third-order valence-corrected chi connectivity index (χ3v) is 6.55. The fraction of sp³-hybridized carbons (Fsp3) is 0.591. The lowest BCUT2D eigenvalue weighted by Gasteiger charge is -2.34. The molecule has 1 aromatic heterocycles. The largest absolute Gasteiger partial charge is 0.353 e. The molecule has 2 N–H and O–H groups in total. The van der Waals surface area contributed by atoms with E-state index in [9.17, 15) is 9.59 Å². The molecule has 1 amide bonds. The molecule has 1 aliphatic rings. The van der Waals surface area contributed by atoms with Crippen molar-refractivity contribution in [2.45, 2.75) is 71.4 Å². The van der Waals surface area contributed by atoms with Crippen molar-refractivity contribution in [2.75, 3.05) is 0 Å². The van der Waals surface area contributed by atoms with E-state index in [4.69, 9.17) is 12.2 Å². The lowest BCUT2D eigenvalue weighted by molar-refractivity contribution is -0.122. The monoisotopic (exact) mass is 401 g/mol. The van der Waals surface area contributed by atoms with Crippen molar-refractivity contribution in [3.8, 4) is 0 Å². The van der Waals surface area contributed by atoms with E-state index in [1.807, 2.05) is 24.3 Å². The van der Waals surface area contributed by atoms with Crippen LogP contribution in [-0.2, 0) is 11.3 Å². The summed E-state index contributed by atoms with van der Waals surface area (Å²) in [5.74, 6) is 1.40. The Morgan fingerprint density at radius 1 is 1.21 bits per heavy atom. The van der Waals surface area contributed by atoms with Crippen molar-refractivity contribution in [1.82, 2.24) is 14.9 Å². The minimum Gasteiger partial charge on any atom is -0.353 e. The molecule has 0 aliphatic heterocycles. The van der Waals surface area contributed by atoms with E-state index in [-0.39, 0.29) is 11.5 Å². The molecule has 3 atom stereocenters. The molecule has 1 saturated carbocycles. The lowest BCUT2D eigenvalue weighted by Crippen LogP contribution is -2.43. The van der Waals surface area contributed by atoms with Gasteiger partial charge in [-0.25, -0.2) is 0 Å². The molecule has 6 heteroatoms. The number of para-hydroxylation sites is 1. The summed E-state index contributed by atoms with van der Waals surface area (Å²) in [6.07, 6.45) is 6.69. The first-order chi connectivity index (χ1) is 13.5. The van der Waals surface area contributed by atoms with E-state index >= 15 is 0 Å². The molecule has 2 aromatic rings. The van der Waals surface area contributed by atoms with Crippen LogP contribution in [0.2, 0.25) is 0 Å². The van der Waals surface area contributed by atoms with Crippen molar-refractivity contribution in [2.24, 2.45) is 11.8 Å². The molecule has 0 spiro atoms. The number of benzene rings is 1. The third-order valence-electron chi connectivity index (χ3n) is 6.23.